The molecule has 3 nitrogen and oxygen atoms in total. The van der Waals surface area contributed by atoms with Crippen LogP contribution in [0.1, 0.15) is 32.6 Å². The van der Waals surface area contributed by atoms with Gasteiger partial charge in [-0.25, -0.2) is 0 Å². The first-order valence-electron chi connectivity index (χ1n) is 6.42. The molecule has 0 aromatic rings. The van der Waals surface area contributed by atoms with E-state index < -0.39 is 0 Å². The molecule has 0 aromatic heterocycles. The summed E-state index contributed by atoms with van der Waals surface area (Å²) in [5.74, 6) is 1.66. The van der Waals surface area contributed by atoms with Crippen molar-refractivity contribution in [3.8, 4) is 0 Å². The minimum atomic E-state index is 0.118. The van der Waals surface area contributed by atoms with E-state index in [4.69, 9.17) is 5.73 Å². The van der Waals surface area contributed by atoms with Gasteiger partial charge in [-0.3, -0.25) is 0 Å². The Balaban J connectivity index is 2.01. The predicted octanol–water partition coefficient (Wildman–Crippen LogP) is 0.960. The quantitative estimate of drug-likeness (QED) is 0.689. The van der Waals surface area contributed by atoms with Crippen molar-refractivity contribution in [2.75, 3.05) is 18.9 Å². The van der Waals surface area contributed by atoms with Crippen LogP contribution in [0.2, 0.25) is 0 Å². The fourth-order valence-corrected chi connectivity index (χ4v) is 4.55. The highest BCUT2D eigenvalue weighted by Crippen LogP contribution is 2.37. The highest BCUT2D eigenvalue weighted by Gasteiger charge is 2.42. The summed E-state index contributed by atoms with van der Waals surface area (Å²) in [6.07, 6.45) is 4.77. The zero-order valence-corrected chi connectivity index (χ0v) is 10.9. The summed E-state index contributed by atoms with van der Waals surface area (Å²) in [6, 6.07) is 0.481. The number of nitrogens with one attached hydrogen (secondary N) is 1. The van der Waals surface area contributed by atoms with Crippen molar-refractivity contribution in [1.82, 2.24) is 5.32 Å². The molecule has 1 aliphatic carbocycles. The zero-order valence-electron chi connectivity index (χ0n) is 10.1. The minimum Gasteiger partial charge on any atom is -0.396 e. The molecule has 1 aliphatic heterocycles. The van der Waals surface area contributed by atoms with Gasteiger partial charge in [0.15, 0.2) is 0 Å². The molecule has 1 saturated heterocycles. The van der Waals surface area contributed by atoms with E-state index in [0.29, 0.717) is 23.8 Å². The number of hydrogen-bond acceptors (Lipinski definition) is 4. The summed E-state index contributed by atoms with van der Waals surface area (Å²) >= 11 is 2.02. The Morgan fingerprint density at radius 3 is 2.88 bits per heavy atom. The minimum absolute atomic E-state index is 0.118. The Kier molecular flexibility index (Phi) is 4.16. The maximum atomic E-state index is 9.36. The maximum Gasteiger partial charge on any atom is 0.0474 e. The van der Waals surface area contributed by atoms with Crippen molar-refractivity contribution in [3.05, 3.63) is 0 Å². The number of thioether (sulfide) groups is 1. The van der Waals surface area contributed by atoms with E-state index in [-0.39, 0.29) is 5.54 Å². The second-order valence-corrected chi connectivity index (χ2v) is 6.70. The van der Waals surface area contributed by atoms with Gasteiger partial charge in [0, 0.05) is 30.0 Å². The lowest BCUT2D eigenvalue weighted by Gasteiger charge is -2.37. The van der Waals surface area contributed by atoms with E-state index in [1.165, 1.54) is 25.0 Å². The van der Waals surface area contributed by atoms with Crippen LogP contribution in [0, 0.1) is 5.92 Å². The molecule has 4 heteroatoms. The van der Waals surface area contributed by atoms with Crippen molar-refractivity contribution in [1.29, 1.82) is 0 Å². The Labute approximate surface area is 103 Å². The average Bonchev–Trinajstić information content (AvgIpc) is 2.87. The highest BCUT2D eigenvalue weighted by atomic mass is 32.2. The van der Waals surface area contributed by atoms with E-state index in [2.05, 4.69) is 12.2 Å². The first kappa shape index (κ1) is 12.7. The largest absolute Gasteiger partial charge is 0.396 e. The fraction of sp³-hybridized carbons (Fsp3) is 1.00. The van der Waals surface area contributed by atoms with Gasteiger partial charge in [0.25, 0.3) is 0 Å². The standard InChI is InChI=1S/C12H24N2OS/c1-9-12(8-13,5-6-16-9)14-11-4-2-3-10(11)7-15/h9-11,14-15H,2-8,13H2,1H3. The molecule has 0 radical (unpaired) electrons. The van der Waals surface area contributed by atoms with E-state index in [1.807, 2.05) is 11.8 Å². The molecule has 4 N–H and O–H groups in total. The second kappa shape index (κ2) is 5.25. The van der Waals surface area contributed by atoms with Gasteiger partial charge in [0.05, 0.1) is 0 Å². The van der Waals surface area contributed by atoms with Crippen LogP contribution in [0.25, 0.3) is 0 Å². The second-order valence-electron chi connectivity index (χ2n) is 5.25. The lowest BCUT2D eigenvalue weighted by atomic mass is 9.90. The Bertz CT molecular complexity index is 239. The molecule has 16 heavy (non-hydrogen) atoms. The van der Waals surface area contributed by atoms with Crippen LogP contribution >= 0.6 is 11.8 Å². The van der Waals surface area contributed by atoms with Crippen LogP contribution < -0.4 is 11.1 Å². The summed E-state index contributed by atoms with van der Waals surface area (Å²) < 4.78 is 0. The van der Waals surface area contributed by atoms with Gasteiger partial charge < -0.3 is 16.2 Å². The summed E-state index contributed by atoms with van der Waals surface area (Å²) in [7, 11) is 0. The molecule has 94 valence electrons. The molecule has 0 aromatic carbocycles. The Morgan fingerprint density at radius 2 is 2.31 bits per heavy atom. The van der Waals surface area contributed by atoms with Crippen LogP contribution in [-0.4, -0.2) is 40.8 Å². The summed E-state index contributed by atoms with van der Waals surface area (Å²) in [5, 5.41) is 13.7. The van der Waals surface area contributed by atoms with Gasteiger partial charge in [-0.05, 0) is 30.9 Å². The zero-order chi connectivity index (χ0) is 11.6. The van der Waals surface area contributed by atoms with E-state index >= 15 is 0 Å². The van der Waals surface area contributed by atoms with Crippen LogP contribution in [0.15, 0.2) is 0 Å². The SMILES string of the molecule is CC1SCCC1(CN)NC1CCCC1CO. The summed E-state index contributed by atoms with van der Waals surface area (Å²) in [5.41, 5.74) is 6.10. The number of rotatable bonds is 4. The molecule has 4 atom stereocenters. The first-order valence-corrected chi connectivity index (χ1v) is 7.47. The van der Waals surface area contributed by atoms with E-state index in [0.717, 1.165) is 13.0 Å². The Hall–Kier alpha value is 0.230. The van der Waals surface area contributed by atoms with Crippen LogP contribution in [0.5, 0.6) is 0 Å². The third-order valence-electron chi connectivity index (χ3n) is 4.42. The monoisotopic (exact) mass is 244 g/mol. The van der Waals surface area contributed by atoms with Crippen molar-refractivity contribution in [3.63, 3.8) is 0 Å². The van der Waals surface area contributed by atoms with Gasteiger partial charge in [0.2, 0.25) is 0 Å². The maximum absolute atomic E-state index is 9.36. The Morgan fingerprint density at radius 1 is 1.50 bits per heavy atom. The van der Waals surface area contributed by atoms with Crippen molar-refractivity contribution in [2.24, 2.45) is 11.7 Å². The first-order chi connectivity index (χ1) is 7.72. The number of nitrogens with two attached hydrogens (primary N) is 1. The number of aliphatic hydroxyl groups excluding tert-OH is 1. The number of aliphatic hydroxyl groups is 1. The van der Waals surface area contributed by atoms with Gasteiger partial charge in [-0.15, -0.1) is 0 Å². The lowest BCUT2D eigenvalue weighted by Crippen LogP contribution is -2.59. The molecule has 2 fully saturated rings. The van der Waals surface area contributed by atoms with E-state index in [9.17, 15) is 5.11 Å². The third-order valence-corrected chi connectivity index (χ3v) is 5.82. The normalized spacial score (nSPS) is 44.1. The molecule has 2 rings (SSSR count). The molecule has 0 bridgehead atoms. The predicted molar refractivity (Wildman–Crippen MR) is 69.7 cm³/mol. The lowest BCUT2D eigenvalue weighted by molar-refractivity contribution is 0.180. The molecule has 0 spiro atoms. The third kappa shape index (κ3) is 2.26. The van der Waals surface area contributed by atoms with Gasteiger partial charge in [-0.2, -0.15) is 11.8 Å². The smallest absolute Gasteiger partial charge is 0.0474 e. The van der Waals surface area contributed by atoms with Crippen LogP contribution in [0.3, 0.4) is 0 Å². The topological polar surface area (TPSA) is 58.3 Å². The van der Waals surface area contributed by atoms with Gasteiger partial charge in [-0.1, -0.05) is 13.3 Å². The fourth-order valence-electron chi connectivity index (χ4n) is 3.11. The molecule has 1 heterocycles. The molecule has 4 unspecified atom stereocenters. The molecule has 2 aliphatic rings. The van der Waals surface area contributed by atoms with Gasteiger partial charge >= 0.3 is 0 Å². The summed E-state index contributed by atoms with van der Waals surface area (Å²) in [4.78, 5) is 0. The van der Waals surface area contributed by atoms with Gasteiger partial charge in [0.1, 0.15) is 0 Å². The van der Waals surface area contributed by atoms with Crippen molar-refractivity contribution < 1.29 is 5.11 Å². The van der Waals surface area contributed by atoms with Crippen LogP contribution in [-0.2, 0) is 0 Å². The molecule has 1 saturated carbocycles. The molecular weight excluding hydrogens is 220 g/mol. The summed E-state index contributed by atoms with van der Waals surface area (Å²) in [6.45, 7) is 3.32. The van der Waals surface area contributed by atoms with E-state index in [1.54, 1.807) is 0 Å². The molecule has 0 amide bonds. The average molecular weight is 244 g/mol. The number of hydrogen-bond donors (Lipinski definition) is 3. The van der Waals surface area contributed by atoms with Crippen molar-refractivity contribution >= 4 is 11.8 Å². The van der Waals surface area contributed by atoms with Crippen molar-refractivity contribution in [2.45, 2.75) is 49.4 Å². The highest BCUT2D eigenvalue weighted by molar-refractivity contribution is 8.00. The van der Waals surface area contributed by atoms with Crippen LogP contribution in [0.4, 0.5) is 0 Å². The molecular formula is C12H24N2OS.